The largest absolute Gasteiger partial charge is 0.496 e. The number of halogens is 1. The van der Waals surface area contributed by atoms with Crippen molar-refractivity contribution >= 4 is 11.7 Å². The van der Waals surface area contributed by atoms with Crippen LogP contribution in [0, 0.1) is 25.1 Å². The van der Waals surface area contributed by atoms with E-state index in [1.54, 1.807) is 19.5 Å². The molecule has 2 aromatic heterocycles. The Kier molecular flexibility index (Phi) is 8.19. The lowest BCUT2D eigenvalue weighted by molar-refractivity contribution is -0.136. The van der Waals surface area contributed by atoms with Gasteiger partial charge in [0.05, 0.1) is 25.8 Å². The standard InChI is InChI=1S/C30H36FN3O4/c1-19-14-21(6-7-26(19)37-5)8-13-38-29-25(31)15-22(17-33-29)24-18-32-20(2)23(16-27(35)36)28(24)34-11-9-30(3,4)10-12-34/h6-7,14-15,17-18H,8-13,16H2,1-5H3,(H,35,36). The predicted molar refractivity (Wildman–Crippen MR) is 146 cm³/mol. The summed E-state index contributed by atoms with van der Waals surface area (Å²) in [4.78, 5) is 22.7. The Balaban J connectivity index is 1.58. The van der Waals surface area contributed by atoms with Crippen LogP contribution in [0.4, 0.5) is 10.1 Å². The number of benzene rings is 1. The van der Waals surface area contributed by atoms with Crippen LogP contribution in [0.5, 0.6) is 11.6 Å². The van der Waals surface area contributed by atoms with E-state index in [1.165, 1.54) is 6.07 Å². The molecule has 0 radical (unpaired) electrons. The van der Waals surface area contributed by atoms with Gasteiger partial charge in [0.15, 0.2) is 5.82 Å². The van der Waals surface area contributed by atoms with E-state index in [-0.39, 0.29) is 24.3 Å². The molecule has 1 N–H and O–H groups in total. The van der Waals surface area contributed by atoms with Crippen LogP contribution in [0.2, 0.25) is 0 Å². The molecule has 0 unspecified atom stereocenters. The number of aromatic nitrogens is 2. The first-order valence-electron chi connectivity index (χ1n) is 13.0. The highest BCUT2D eigenvalue weighted by Gasteiger charge is 2.29. The van der Waals surface area contributed by atoms with Crippen molar-refractivity contribution in [2.24, 2.45) is 5.41 Å². The Labute approximate surface area is 223 Å². The van der Waals surface area contributed by atoms with Gasteiger partial charge in [-0.25, -0.2) is 9.37 Å². The molecule has 7 nitrogen and oxygen atoms in total. The van der Waals surface area contributed by atoms with E-state index in [9.17, 15) is 9.90 Å². The monoisotopic (exact) mass is 521 g/mol. The summed E-state index contributed by atoms with van der Waals surface area (Å²) >= 11 is 0. The summed E-state index contributed by atoms with van der Waals surface area (Å²) in [5, 5.41) is 9.60. The highest BCUT2D eigenvalue weighted by atomic mass is 19.1. The number of piperidine rings is 1. The average molecular weight is 522 g/mol. The molecule has 1 aliphatic rings. The summed E-state index contributed by atoms with van der Waals surface area (Å²) in [5.74, 6) is -0.737. The van der Waals surface area contributed by atoms with E-state index in [2.05, 4.69) is 28.7 Å². The summed E-state index contributed by atoms with van der Waals surface area (Å²) in [5.41, 5.74) is 5.66. The second-order valence-corrected chi connectivity index (χ2v) is 10.7. The second-order valence-electron chi connectivity index (χ2n) is 10.7. The number of carboxylic acids is 1. The molecule has 3 heterocycles. The molecular formula is C30H36FN3O4. The minimum Gasteiger partial charge on any atom is -0.496 e. The highest BCUT2D eigenvalue weighted by Crippen LogP contribution is 2.40. The van der Waals surface area contributed by atoms with E-state index in [4.69, 9.17) is 9.47 Å². The maximum atomic E-state index is 15.2. The van der Waals surface area contributed by atoms with E-state index in [0.29, 0.717) is 28.8 Å². The lowest BCUT2D eigenvalue weighted by Gasteiger charge is -2.40. The Morgan fingerprint density at radius 1 is 1.13 bits per heavy atom. The fourth-order valence-corrected chi connectivity index (χ4v) is 4.95. The Morgan fingerprint density at radius 2 is 1.87 bits per heavy atom. The normalized spacial score (nSPS) is 14.8. The van der Waals surface area contributed by atoms with Crippen LogP contribution in [-0.2, 0) is 17.6 Å². The van der Waals surface area contributed by atoms with Crippen LogP contribution in [-0.4, -0.2) is 47.8 Å². The molecule has 38 heavy (non-hydrogen) atoms. The maximum Gasteiger partial charge on any atom is 0.307 e. The molecule has 0 aliphatic carbocycles. The van der Waals surface area contributed by atoms with E-state index < -0.39 is 11.8 Å². The van der Waals surface area contributed by atoms with Gasteiger partial charge in [0.1, 0.15) is 5.75 Å². The number of nitrogens with zero attached hydrogens (tertiary/aromatic N) is 3. The number of methoxy groups -OCH3 is 1. The van der Waals surface area contributed by atoms with Gasteiger partial charge in [0, 0.05) is 54.3 Å². The van der Waals surface area contributed by atoms with Gasteiger partial charge in [-0.05, 0) is 55.4 Å². The van der Waals surface area contributed by atoms with Crippen LogP contribution < -0.4 is 14.4 Å². The number of anilines is 1. The Hall–Kier alpha value is -3.68. The molecule has 0 saturated carbocycles. The first-order chi connectivity index (χ1) is 18.1. The van der Waals surface area contributed by atoms with Gasteiger partial charge < -0.3 is 19.5 Å². The number of aryl methyl sites for hydroxylation is 2. The van der Waals surface area contributed by atoms with Gasteiger partial charge in [0.25, 0.3) is 0 Å². The molecule has 3 aromatic rings. The van der Waals surface area contributed by atoms with Crippen LogP contribution in [0.3, 0.4) is 0 Å². The van der Waals surface area contributed by atoms with Crippen LogP contribution in [0.1, 0.15) is 49.1 Å². The Morgan fingerprint density at radius 3 is 2.50 bits per heavy atom. The molecule has 0 atom stereocenters. The summed E-state index contributed by atoms with van der Waals surface area (Å²) < 4.78 is 26.1. The minimum atomic E-state index is -0.925. The fraction of sp³-hybridized carbons (Fsp3) is 0.433. The molecule has 1 aromatic carbocycles. The van der Waals surface area contributed by atoms with Gasteiger partial charge in [0.2, 0.25) is 5.88 Å². The summed E-state index contributed by atoms with van der Waals surface area (Å²) in [6.45, 7) is 10.1. The number of hydrogen-bond donors (Lipinski definition) is 1. The van der Waals surface area contributed by atoms with E-state index in [0.717, 1.165) is 48.5 Å². The molecule has 0 bridgehead atoms. The fourth-order valence-electron chi connectivity index (χ4n) is 4.95. The van der Waals surface area contributed by atoms with Gasteiger partial charge in [-0.3, -0.25) is 9.78 Å². The summed E-state index contributed by atoms with van der Waals surface area (Å²) in [7, 11) is 1.64. The number of rotatable bonds is 9. The molecule has 0 amide bonds. The number of hydrogen-bond acceptors (Lipinski definition) is 6. The zero-order chi connectivity index (χ0) is 27.4. The van der Waals surface area contributed by atoms with Gasteiger partial charge in [-0.15, -0.1) is 0 Å². The number of pyridine rings is 2. The van der Waals surface area contributed by atoms with Crippen molar-refractivity contribution in [1.82, 2.24) is 9.97 Å². The summed E-state index contributed by atoms with van der Waals surface area (Å²) in [6.07, 6.45) is 5.68. The van der Waals surface area contributed by atoms with Crippen molar-refractivity contribution < 1.29 is 23.8 Å². The lowest BCUT2D eigenvalue weighted by atomic mass is 9.82. The average Bonchev–Trinajstić information content (AvgIpc) is 2.86. The zero-order valence-electron chi connectivity index (χ0n) is 22.8. The predicted octanol–water partition coefficient (Wildman–Crippen LogP) is 5.78. The molecular weight excluding hydrogens is 485 g/mol. The third kappa shape index (κ3) is 6.23. The van der Waals surface area contributed by atoms with Crippen molar-refractivity contribution in [3.63, 3.8) is 0 Å². The van der Waals surface area contributed by atoms with Gasteiger partial charge >= 0.3 is 5.97 Å². The van der Waals surface area contributed by atoms with Crippen LogP contribution >= 0.6 is 0 Å². The smallest absolute Gasteiger partial charge is 0.307 e. The molecule has 4 rings (SSSR count). The van der Waals surface area contributed by atoms with Crippen molar-refractivity contribution in [3.8, 4) is 22.8 Å². The molecule has 8 heteroatoms. The van der Waals surface area contributed by atoms with E-state index >= 15 is 4.39 Å². The third-order valence-electron chi connectivity index (χ3n) is 7.33. The molecule has 1 fully saturated rings. The first kappa shape index (κ1) is 27.4. The molecule has 0 spiro atoms. The van der Waals surface area contributed by atoms with Crippen LogP contribution in [0.25, 0.3) is 11.1 Å². The SMILES string of the molecule is COc1ccc(CCOc2ncc(-c3cnc(C)c(CC(=O)O)c3N3CCC(C)(C)CC3)cc2F)cc1C. The van der Waals surface area contributed by atoms with E-state index in [1.807, 2.05) is 32.0 Å². The molecule has 1 saturated heterocycles. The van der Waals surface area contributed by atoms with Crippen LogP contribution in [0.15, 0.2) is 36.7 Å². The Bertz CT molecular complexity index is 1320. The lowest BCUT2D eigenvalue weighted by Crippen LogP contribution is -2.38. The number of carbonyl (C=O) groups is 1. The third-order valence-corrected chi connectivity index (χ3v) is 7.33. The van der Waals surface area contributed by atoms with Crippen molar-refractivity contribution in [2.75, 3.05) is 31.7 Å². The minimum absolute atomic E-state index is 0.0638. The van der Waals surface area contributed by atoms with Gasteiger partial charge in [-0.2, -0.15) is 0 Å². The van der Waals surface area contributed by atoms with Crippen molar-refractivity contribution in [3.05, 3.63) is 64.9 Å². The number of carboxylic acid groups (broad SMARTS) is 1. The first-order valence-corrected chi connectivity index (χ1v) is 13.0. The number of ether oxygens (including phenoxy) is 2. The van der Waals surface area contributed by atoms with Crippen molar-refractivity contribution in [1.29, 1.82) is 0 Å². The van der Waals surface area contributed by atoms with Crippen molar-refractivity contribution in [2.45, 2.75) is 53.4 Å². The quantitative estimate of drug-likeness (QED) is 0.382. The highest BCUT2D eigenvalue weighted by molar-refractivity contribution is 5.84. The zero-order valence-corrected chi connectivity index (χ0v) is 22.8. The second kappa shape index (κ2) is 11.4. The van der Waals surface area contributed by atoms with Gasteiger partial charge in [-0.1, -0.05) is 26.0 Å². The maximum absolute atomic E-state index is 15.2. The molecule has 202 valence electrons. The topological polar surface area (TPSA) is 84.8 Å². The molecule has 1 aliphatic heterocycles. The number of aliphatic carboxylic acids is 1. The summed E-state index contributed by atoms with van der Waals surface area (Å²) in [6, 6.07) is 7.30.